The smallest absolute Gasteiger partial charge is 0.217 e. The minimum Gasteiger partial charge on any atom is -0.378 e. The minimum absolute atomic E-state index is 0.233. The van der Waals surface area contributed by atoms with E-state index in [2.05, 4.69) is 10.1 Å². The predicted molar refractivity (Wildman–Crippen MR) is 87.8 cm³/mol. The first-order chi connectivity index (χ1) is 11.7. The van der Waals surface area contributed by atoms with Crippen molar-refractivity contribution in [2.24, 2.45) is 0 Å². The first-order valence-corrected chi connectivity index (χ1v) is 9.66. The summed E-state index contributed by atoms with van der Waals surface area (Å²) in [6, 6.07) is 9.53. The van der Waals surface area contributed by atoms with Crippen LogP contribution in [0.5, 0.6) is 0 Å². The van der Waals surface area contributed by atoms with Crippen LogP contribution < -0.4 is 0 Å². The first kappa shape index (κ1) is 15.7. The normalized spacial score (nSPS) is 22.6. The summed E-state index contributed by atoms with van der Waals surface area (Å²) in [5, 5.41) is 4.06. The highest BCUT2D eigenvalue weighted by molar-refractivity contribution is 7.90. The van der Waals surface area contributed by atoms with Crippen molar-refractivity contribution < 1.29 is 13.2 Å². The number of morpholine rings is 1. The third-order valence-corrected chi connectivity index (χ3v) is 6.88. The van der Waals surface area contributed by atoms with Gasteiger partial charge in [0.1, 0.15) is 18.2 Å². The van der Waals surface area contributed by atoms with Gasteiger partial charge in [-0.1, -0.05) is 30.3 Å². The molecule has 2 aliphatic rings. The molecule has 0 unspecified atom stereocenters. The predicted octanol–water partition coefficient (Wildman–Crippen LogP) is 1.19. The molecule has 1 atom stereocenters. The van der Waals surface area contributed by atoms with Crippen LogP contribution in [0.1, 0.15) is 30.3 Å². The number of hydrogen-bond donors (Lipinski definition) is 0. The van der Waals surface area contributed by atoms with Crippen LogP contribution in [0.25, 0.3) is 0 Å². The molecule has 0 radical (unpaired) electrons. The Morgan fingerprint density at radius 1 is 1.21 bits per heavy atom. The van der Waals surface area contributed by atoms with E-state index in [9.17, 15) is 8.42 Å². The van der Waals surface area contributed by atoms with Gasteiger partial charge in [-0.3, -0.25) is 0 Å². The first-order valence-electron chi connectivity index (χ1n) is 8.16. The van der Waals surface area contributed by atoms with Crippen molar-refractivity contribution in [3.63, 3.8) is 0 Å². The van der Waals surface area contributed by atoms with E-state index >= 15 is 0 Å². The second-order valence-corrected chi connectivity index (χ2v) is 8.37. The summed E-state index contributed by atoms with van der Waals surface area (Å²) in [5.41, 5.74) is 1.09. The average Bonchev–Trinajstić information content (AvgIpc) is 3.37. The van der Waals surface area contributed by atoms with Gasteiger partial charge >= 0.3 is 0 Å². The molecule has 1 aliphatic heterocycles. The molecule has 0 N–H and O–H groups in total. The Kier molecular flexibility index (Phi) is 4.11. The summed E-state index contributed by atoms with van der Waals surface area (Å²) < 4.78 is 34.4. The van der Waals surface area contributed by atoms with E-state index in [1.807, 2.05) is 30.3 Å². The molecule has 0 amide bonds. The number of benzene rings is 1. The molecule has 0 bridgehead atoms. The van der Waals surface area contributed by atoms with Crippen LogP contribution in [0.4, 0.5) is 0 Å². The molecule has 2 heterocycles. The maximum atomic E-state index is 12.7. The number of sulfonamides is 1. The molecular weight excluding hydrogens is 328 g/mol. The second-order valence-electron chi connectivity index (χ2n) is 6.21. The highest BCUT2D eigenvalue weighted by Gasteiger charge is 2.45. The van der Waals surface area contributed by atoms with Gasteiger partial charge in [0.05, 0.1) is 25.0 Å². The van der Waals surface area contributed by atoms with Crippen LogP contribution in [-0.2, 0) is 21.3 Å². The van der Waals surface area contributed by atoms with E-state index in [1.165, 1.54) is 6.33 Å². The number of nitrogens with zero attached hydrogens (tertiary/aromatic N) is 4. The fraction of sp³-hybridized carbons (Fsp3) is 0.500. The molecule has 4 rings (SSSR count). The number of aromatic nitrogens is 3. The Balaban J connectivity index is 1.63. The van der Waals surface area contributed by atoms with E-state index < -0.39 is 16.1 Å². The molecule has 2 fully saturated rings. The second kappa shape index (κ2) is 6.27. The quantitative estimate of drug-likeness (QED) is 0.811. The van der Waals surface area contributed by atoms with E-state index in [4.69, 9.17) is 4.74 Å². The minimum atomic E-state index is -3.28. The lowest BCUT2D eigenvalue weighted by atomic mass is 10.2. The van der Waals surface area contributed by atoms with Gasteiger partial charge in [0, 0.05) is 6.54 Å². The van der Waals surface area contributed by atoms with Crippen LogP contribution in [0, 0.1) is 0 Å². The van der Waals surface area contributed by atoms with Gasteiger partial charge in [0.2, 0.25) is 10.0 Å². The number of hydrogen-bond acceptors (Lipinski definition) is 5. The van der Waals surface area contributed by atoms with Crippen LogP contribution in [0.2, 0.25) is 0 Å². The van der Waals surface area contributed by atoms with Gasteiger partial charge < -0.3 is 4.74 Å². The van der Waals surface area contributed by atoms with Crippen LogP contribution in [-0.4, -0.2) is 52.5 Å². The maximum absolute atomic E-state index is 12.7. The zero-order chi connectivity index (χ0) is 16.6. The Labute approximate surface area is 141 Å². The molecule has 7 nitrogen and oxygen atoms in total. The van der Waals surface area contributed by atoms with Crippen molar-refractivity contribution in [3.8, 4) is 0 Å². The van der Waals surface area contributed by atoms with Gasteiger partial charge in [-0.05, 0) is 18.4 Å². The van der Waals surface area contributed by atoms with E-state index in [-0.39, 0.29) is 5.25 Å². The summed E-state index contributed by atoms with van der Waals surface area (Å²) in [5.74, 6) is 0.641. The molecule has 1 saturated heterocycles. The van der Waals surface area contributed by atoms with Crippen LogP contribution in [0.15, 0.2) is 36.7 Å². The van der Waals surface area contributed by atoms with Crippen LogP contribution in [0.3, 0.4) is 0 Å². The highest BCUT2D eigenvalue weighted by atomic mass is 32.2. The van der Waals surface area contributed by atoms with Crippen molar-refractivity contribution in [2.45, 2.75) is 30.7 Å². The third kappa shape index (κ3) is 2.97. The molecule has 8 heteroatoms. The molecule has 1 aliphatic carbocycles. The Morgan fingerprint density at radius 2 is 2.00 bits per heavy atom. The van der Waals surface area contributed by atoms with E-state index in [0.29, 0.717) is 32.1 Å². The highest BCUT2D eigenvalue weighted by Crippen LogP contribution is 2.36. The van der Waals surface area contributed by atoms with Gasteiger partial charge in [0.25, 0.3) is 0 Å². The lowest BCUT2D eigenvalue weighted by Crippen LogP contribution is -2.45. The zero-order valence-corrected chi connectivity index (χ0v) is 14.1. The number of ether oxygens (including phenoxy) is 1. The molecular formula is C16H20N4O3S. The van der Waals surface area contributed by atoms with Gasteiger partial charge in [-0.15, -0.1) is 0 Å². The molecule has 1 aromatic carbocycles. The number of rotatable bonds is 5. The van der Waals surface area contributed by atoms with Gasteiger partial charge in [-0.25, -0.2) is 18.1 Å². The molecule has 1 aromatic heterocycles. The van der Waals surface area contributed by atoms with Crippen molar-refractivity contribution in [3.05, 3.63) is 48.0 Å². The summed E-state index contributed by atoms with van der Waals surface area (Å²) in [4.78, 5) is 4.35. The fourth-order valence-corrected chi connectivity index (χ4v) is 5.02. The largest absolute Gasteiger partial charge is 0.378 e. The molecule has 2 aromatic rings. The molecule has 24 heavy (non-hydrogen) atoms. The molecule has 128 valence electrons. The zero-order valence-electron chi connectivity index (χ0n) is 13.3. The summed E-state index contributed by atoms with van der Waals surface area (Å²) in [6.45, 7) is 1.68. The monoisotopic (exact) mass is 348 g/mol. The average molecular weight is 348 g/mol. The van der Waals surface area contributed by atoms with Gasteiger partial charge in [-0.2, -0.15) is 9.40 Å². The van der Waals surface area contributed by atoms with Crippen LogP contribution >= 0.6 is 0 Å². The maximum Gasteiger partial charge on any atom is 0.217 e. The van der Waals surface area contributed by atoms with E-state index in [0.717, 1.165) is 18.4 Å². The third-order valence-electron chi connectivity index (χ3n) is 4.47. The van der Waals surface area contributed by atoms with Crippen molar-refractivity contribution in [1.29, 1.82) is 0 Å². The topological polar surface area (TPSA) is 77.3 Å². The summed E-state index contributed by atoms with van der Waals surface area (Å²) in [6.07, 6.45) is 2.99. The fourth-order valence-electron chi connectivity index (χ4n) is 3.06. The summed E-state index contributed by atoms with van der Waals surface area (Å²) in [7, 11) is -3.28. The standard InChI is InChI=1S/C16H20N4O3S/c21-24(22,14-6-7-14)20-8-9-23-11-15(20)16-17-12-18-19(16)10-13-4-2-1-3-5-13/h1-5,12,14-15H,6-11H2/t15-/m0/s1. The van der Waals surface area contributed by atoms with Crippen molar-refractivity contribution >= 4 is 10.0 Å². The lowest BCUT2D eigenvalue weighted by Gasteiger charge is -2.34. The lowest BCUT2D eigenvalue weighted by molar-refractivity contribution is 0.0274. The van der Waals surface area contributed by atoms with E-state index in [1.54, 1.807) is 8.99 Å². The molecule has 1 saturated carbocycles. The van der Waals surface area contributed by atoms with Crippen molar-refractivity contribution in [1.82, 2.24) is 19.1 Å². The SMILES string of the molecule is O=S(=O)(C1CC1)N1CCOC[C@H]1c1ncnn1Cc1ccccc1. The van der Waals surface area contributed by atoms with Crippen molar-refractivity contribution in [2.75, 3.05) is 19.8 Å². The van der Waals surface area contributed by atoms with Gasteiger partial charge in [0.15, 0.2) is 0 Å². The Morgan fingerprint density at radius 3 is 2.75 bits per heavy atom. The Hall–Kier alpha value is -1.77. The molecule has 0 spiro atoms. The Bertz CT molecular complexity index is 802. The summed E-state index contributed by atoms with van der Waals surface area (Å²) >= 11 is 0.